The molecule has 29 heavy (non-hydrogen) atoms. The van der Waals surface area contributed by atoms with Crippen molar-refractivity contribution in [1.29, 1.82) is 0 Å². The standard InChI is InChI=1S/C21H25FN6O/c1-29-13-12-28-16-17(14-25-28)15-26-8-10-27(11-9-26)21-20(23-6-7-24-21)18-2-4-19(22)5-3-18/h2-7,14,16H,8-13,15H2,1H3. The van der Waals surface area contributed by atoms with E-state index in [4.69, 9.17) is 4.74 Å². The lowest BCUT2D eigenvalue weighted by Crippen LogP contribution is -2.46. The smallest absolute Gasteiger partial charge is 0.155 e. The van der Waals surface area contributed by atoms with E-state index < -0.39 is 0 Å². The summed E-state index contributed by atoms with van der Waals surface area (Å²) in [5, 5.41) is 4.39. The van der Waals surface area contributed by atoms with E-state index in [1.165, 1.54) is 17.7 Å². The first kappa shape index (κ1) is 19.5. The van der Waals surface area contributed by atoms with Gasteiger partial charge in [-0.25, -0.2) is 9.37 Å². The van der Waals surface area contributed by atoms with Crippen molar-refractivity contribution < 1.29 is 9.13 Å². The normalized spacial score (nSPS) is 15.0. The molecule has 0 atom stereocenters. The second kappa shape index (κ2) is 9.11. The molecule has 1 aliphatic heterocycles. The Hall–Kier alpha value is -2.84. The van der Waals surface area contributed by atoms with Crippen LogP contribution in [0.5, 0.6) is 0 Å². The molecule has 0 saturated carbocycles. The predicted molar refractivity (Wildman–Crippen MR) is 109 cm³/mol. The Morgan fingerprint density at radius 1 is 1.03 bits per heavy atom. The molecule has 7 nitrogen and oxygen atoms in total. The highest BCUT2D eigenvalue weighted by Gasteiger charge is 2.21. The zero-order valence-electron chi connectivity index (χ0n) is 16.5. The van der Waals surface area contributed by atoms with E-state index in [1.54, 1.807) is 31.6 Å². The molecule has 4 rings (SSSR count). The molecule has 0 aliphatic carbocycles. The minimum atomic E-state index is -0.252. The predicted octanol–water partition coefficient (Wildman–Crippen LogP) is 2.45. The minimum Gasteiger partial charge on any atom is -0.383 e. The van der Waals surface area contributed by atoms with Gasteiger partial charge in [-0.2, -0.15) is 5.10 Å². The van der Waals surface area contributed by atoms with Crippen LogP contribution in [-0.2, 0) is 17.8 Å². The van der Waals surface area contributed by atoms with Gasteiger partial charge in [0.25, 0.3) is 0 Å². The molecule has 1 aliphatic rings. The molecule has 1 fully saturated rings. The van der Waals surface area contributed by atoms with E-state index in [0.29, 0.717) is 6.61 Å². The van der Waals surface area contributed by atoms with E-state index >= 15 is 0 Å². The first-order chi connectivity index (χ1) is 14.2. The van der Waals surface area contributed by atoms with Crippen LogP contribution < -0.4 is 4.90 Å². The van der Waals surface area contributed by atoms with Gasteiger partial charge in [0.15, 0.2) is 5.82 Å². The third-order valence-electron chi connectivity index (χ3n) is 5.09. The molecule has 3 heterocycles. The Labute approximate surface area is 169 Å². The quantitative estimate of drug-likeness (QED) is 0.611. The van der Waals surface area contributed by atoms with Crippen molar-refractivity contribution in [1.82, 2.24) is 24.6 Å². The second-order valence-corrected chi connectivity index (χ2v) is 7.10. The van der Waals surface area contributed by atoms with Gasteiger partial charge in [0.2, 0.25) is 0 Å². The van der Waals surface area contributed by atoms with Crippen molar-refractivity contribution in [2.45, 2.75) is 13.1 Å². The fourth-order valence-electron chi connectivity index (χ4n) is 3.54. The number of nitrogens with zero attached hydrogens (tertiary/aromatic N) is 6. The molecule has 0 N–H and O–H groups in total. The van der Waals surface area contributed by atoms with Crippen molar-refractivity contribution >= 4 is 5.82 Å². The summed E-state index contributed by atoms with van der Waals surface area (Å²) in [6.45, 7) is 5.91. The number of anilines is 1. The summed E-state index contributed by atoms with van der Waals surface area (Å²) < 4.78 is 20.3. The molecule has 0 unspecified atom stereocenters. The molecule has 0 spiro atoms. The van der Waals surface area contributed by atoms with Gasteiger partial charge in [-0.05, 0) is 24.3 Å². The number of methoxy groups -OCH3 is 1. The Morgan fingerprint density at radius 2 is 1.79 bits per heavy atom. The molecular formula is C21H25FN6O. The SMILES string of the molecule is COCCn1cc(CN2CCN(c3nccnc3-c3ccc(F)cc3)CC2)cn1. The zero-order chi connectivity index (χ0) is 20.1. The van der Waals surface area contributed by atoms with Crippen LogP contribution in [0.1, 0.15) is 5.56 Å². The van der Waals surface area contributed by atoms with E-state index in [1.807, 2.05) is 10.9 Å². The lowest BCUT2D eigenvalue weighted by atomic mass is 10.1. The maximum absolute atomic E-state index is 13.3. The number of piperazine rings is 1. The summed E-state index contributed by atoms with van der Waals surface area (Å²) in [5.74, 6) is 0.601. The number of benzene rings is 1. The highest BCUT2D eigenvalue weighted by atomic mass is 19.1. The van der Waals surface area contributed by atoms with Crippen molar-refractivity contribution in [2.75, 3.05) is 44.8 Å². The Bertz CT molecular complexity index is 921. The molecule has 3 aromatic rings. The van der Waals surface area contributed by atoms with Crippen LogP contribution >= 0.6 is 0 Å². The van der Waals surface area contributed by atoms with Crippen LogP contribution in [0.3, 0.4) is 0 Å². The van der Waals surface area contributed by atoms with Crippen molar-refractivity contribution in [2.24, 2.45) is 0 Å². The van der Waals surface area contributed by atoms with Gasteiger partial charge in [-0.3, -0.25) is 14.6 Å². The van der Waals surface area contributed by atoms with Crippen molar-refractivity contribution in [3.63, 3.8) is 0 Å². The van der Waals surface area contributed by atoms with Crippen molar-refractivity contribution in [3.05, 3.63) is 60.4 Å². The topological polar surface area (TPSA) is 59.3 Å². The van der Waals surface area contributed by atoms with E-state index in [-0.39, 0.29) is 5.82 Å². The van der Waals surface area contributed by atoms with Crippen LogP contribution in [0.2, 0.25) is 0 Å². The fourth-order valence-corrected chi connectivity index (χ4v) is 3.54. The number of hydrogen-bond donors (Lipinski definition) is 0. The third kappa shape index (κ3) is 4.78. The summed E-state index contributed by atoms with van der Waals surface area (Å²) in [5.41, 5.74) is 2.88. The summed E-state index contributed by atoms with van der Waals surface area (Å²) in [6, 6.07) is 6.41. The number of aromatic nitrogens is 4. The summed E-state index contributed by atoms with van der Waals surface area (Å²) in [7, 11) is 1.70. The van der Waals surface area contributed by atoms with E-state index in [9.17, 15) is 4.39 Å². The first-order valence-corrected chi connectivity index (χ1v) is 9.77. The monoisotopic (exact) mass is 396 g/mol. The lowest BCUT2D eigenvalue weighted by molar-refractivity contribution is 0.183. The van der Waals surface area contributed by atoms with Gasteiger partial charge >= 0.3 is 0 Å². The summed E-state index contributed by atoms with van der Waals surface area (Å²) in [6.07, 6.45) is 7.40. The van der Waals surface area contributed by atoms with E-state index in [0.717, 1.165) is 56.3 Å². The maximum Gasteiger partial charge on any atom is 0.155 e. The van der Waals surface area contributed by atoms with Gasteiger partial charge in [0, 0.05) is 69.6 Å². The van der Waals surface area contributed by atoms with Crippen LogP contribution in [0.25, 0.3) is 11.3 Å². The fraction of sp³-hybridized carbons (Fsp3) is 0.381. The average molecular weight is 396 g/mol. The molecule has 0 radical (unpaired) electrons. The van der Waals surface area contributed by atoms with Gasteiger partial charge in [0.1, 0.15) is 11.5 Å². The highest BCUT2D eigenvalue weighted by Crippen LogP contribution is 2.27. The number of halogens is 1. The van der Waals surface area contributed by atoms with Crippen LogP contribution in [-0.4, -0.2) is 64.5 Å². The molecular weight excluding hydrogens is 371 g/mol. The second-order valence-electron chi connectivity index (χ2n) is 7.10. The average Bonchev–Trinajstić information content (AvgIpc) is 3.21. The maximum atomic E-state index is 13.3. The minimum absolute atomic E-state index is 0.252. The van der Waals surface area contributed by atoms with Gasteiger partial charge in [0.05, 0.1) is 19.3 Å². The van der Waals surface area contributed by atoms with Crippen molar-refractivity contribution in [3.8, 4) is 11.3 Å². The lowest BCUT2D eigenvalue weighted by Gasteiger charge is -2.35. The number of ether oxygens (including phenoxy) is 1. The molecule has 1 aromatic carbocycles. The highest BCUT2D eigenvalue weighted by molar-refractivity contribution is 5.72. The molecule has 8 heteroatoms. The van der Waals surface area contributed by atoms with Crippen LogP contribution in [0.4, 0.5) is 10.2 Å². The van der Waals surface area contributed by atoms with Gasteiger partial charge < -0.3 is 9.64 Å². The Balaban J connectivity index is 1.39. The van der Waals surface area contributed by atoms with Crippen LogP contribution in [0.15, 0.2) is 49.1 Å². The first-order valence-electron chi connectivity index (χ1n) is 9.77. The molecule has 0 amide bonds. The largest absolute Gasteiger partial charge is 0.383 e. The number of rotatable bonds is 7. The summed E-state index contributed by atoms with van der Waals surface area (Å²) in [4.78, 5) is 13.7. The third-order valence-corrected chi connectivity index (χ3v) is 5.09. The summed E-state index contributed by atoms with van der Waals surface area (Å²) >= 11 is 0. The molecule has 0 bridgehead atoms. The molecule has 152 valence electrons. The van der Waals surface area contributed by atoms with E-state index in [2.05, 4.69) is 31.1 Å². The molecule has 2 aromatic heterocycles. The van der Waals surface area contributed by atoms with Gasteiger partial charge in [-0.15, -0.1) is 0 Å². The van der Waals surface area contributed by atoms with Crippen LogP contribution in [0, 0.1) is 5.82 Å². The number of hydrogen-bond acceptors (Lipinski definition) is 6. The van der Waals surface area contributed by atoms with Gasteiger partial charge in [-0.1, -0.05) is 0 Å². The Kier molecular flexibility index (Phi) is 6.12. The Morgan fingerprint density at radius 3 is 2.55 bits per heavy atom. The molecule has 1 saturated heterocycles. The zero-order valence-corrected chi connectivity index (χ0v) is 16.5.